The number of hydrogen-bond acceptors (Lipinski definition) is 2. The highest BCUT2D eigenvalue weighted by molar-refractivity contribution is 6.31. The van der Waals surface area contributed by atoms with Gasteiger partial charge in [-0.15, -0.1) is 0 Å². The van der Waals surface area contributed by atoms with Gasteiger partial charge in [0.05, 0.1) is 12.5 Å². The minimum Gasteiger partial charge on any atom is -0.338 e. The molecule has 1 aromatic rings. The van der Waals surface area contributed by atoms with Crippen LogP contribution in [0.25, 0.3) is 0 Å². The molecule has 0 fully saturated rings. The third-order valence-electron chi connectivity index (χ3n) is 2.77. The van der Waals surface area contributed by atoms with Crippen molar-refractivity contribution in [3.63, 3.8) is 0 Å². The molecule has 0 aliphatic heterocycles. The van der Waals surface area contributed by atoms with Gasteiger partial charge in [-0.05, 0) is 37.6 Å². The lowest BCUT2D eigenvalue weighted by atomic mass is 10.1. The first-order valence-corrected chi connectivity index (χ1v) is 5.75. The number of nitriles is 1. The van der Waals surface area contributed by atoms with E-state index in [1.54, 1.807) is 30.1 Å². The Balaban J connectivity index is 2.89. The smallest absolute Gasteiger partial charge is 0.253 e. The Hall–Kier alpha value is -1.53. The predicted molar refractivity (Wildman–Crippen MR) is 68.0 cm³/mol. The third-order valence-corrected chi connectivity index (χ3v) is 3.20. The zero-order chi connectivity index (χ0) is 13.0. The summed E-state index contributed by atoms with van der Waals surface area (Å²) in [4.78, 5) is 13.7. The number of amides is 1. The molecule has 1 unspecified atom stereocenters. The first-order valence-electron chi connectivity index (χ1n) is 5.37. The van der Waals surface area contributed by atoms with Gasteiger partial charge in [0.1, 0.15) is 0 Å². The molecule has 17 heavy (non-hydrogen) atoms. The van der Waals surface area contributed by atoms with Crippen LogP contribution in [0.3, 0.4) is 0 Å². The molecule has 0 aromatic heterocycles. The summed E-state index contributed by atoms with van der Waals surface area (Å²) in [7, 11) is 1.70. The van der Waals surface area contributed by atoms with Gasteiger partial charge in [0, 0.05) is 23.7 Å². The molecule has 1 amide bonds. The highest BCUT2D eigenvalue weighted by Crippen LogP contribution is 2.18. The van der Waals surface area contributed by atoms with E-state index in [0.29, 0.717) is 17.0 Å². The van der Waals surface area contributed by atoms with Gasteiger partial charge in [-0.3, -0.25) is 4.79 Å². The Morgan fingerprint density at radius 2 is 2.24 bits per heavy atom. The number of carbonyl (C=O) groups is 1. The lowest BCUT2D eigenvalue weighted by molar-refractivity contribution is 0.0746. The van der Waals surface area contributed by atoms with Crippen LogP contribution >= 0.6 is 11.6 Å². The molecular weight excluding hydrogens is 236 g/mol. The maximum atomic E-state index is 12.1. The number of halogens is 1. The average molecular weight is 251 g/mol. The van der Waals surface area contributed by atoms with Crippen molar-refractivity contribution in [3.05, 3.63) is 34.3 Å². The van der Waals surface area contributed by atoms with Crippen LogP contribution in [0.15, 0.2) is 18.2 Å². The Morgan fingerprint density at radius 1 is 1.59 bits per heavy atom. The van der Waals surface area contributed by atoms with Crippen molar-refractivity contribution in [2.45, 2.75) is 26.3 Å². The molecule has 1 aromatic carbocycles. The second kappa shape index (κ2) is 5.70. The molecule has 1 atom stereocenters. The molecule has 0 spiro atoms. The Bertz CT molecular complexity index is 465. The standard InChI is InChI=1S/C13H15ClN2O/c1-9-8-11(4-5-12(9)14)13(17)16(3)10(2)6-7-15/h4-5,8,10H,6H2,1-3H3. The van der Waals surface area contributed by atoms with Crippen molar-refractivity contribution in [2.75, 3.05) is 7.05 Å². The minimum atomic E-state index is -0.0940. The Kier molecular flexibility index (Phi) is 4.53. The van der Waals surface area contributed by atoms with Gasteiger partial charge < -0.3 is 4.90 Å². The van der Waals surface area contributed by atoms with Gasteiger partial charge in [0.2, 0.25) is 0 Å². The minimum absolute atomic E-state index is 0.0903. The zero-order valence-electron chi connectivity index (χ0n) is 10.2. The molecule has 0 saturated heterocycles. The van der Waals surface area contributed by atoms with Crippen LogP contribution in [-0.4, -0.2) is 23.9 Å². The van der Waals surface area contributed by atoms with Gasteiger partial charge in [0.25, 0.3) is 5.91 Å². The highest BCUT2D eigenvalue weighted by Gasteiger charge is 2.17. The predicted octanol–water partition coefficient (Wildman–Crippen LogP) is 3.02. The molecular formula is C13H15ClN2O. The summed E-state index contributed by atoms with van der Waals surface area (Å²) in [5, 5.41) is 9.26. The van der Waals surface area contributed by atoms with Gasteiger partial charge in [-0.25, -0.2) is 0 Å². The maximum Gasteiger partial charge on any atom is 0.253 e. The monoisotopic (exact) mass is 250 g/mol. The summed E-state index contributed by atoms with van der Waals surface area (Å²) in [5.74, 6) is -0.0903. The van der Waals surface area contributed by atoms with E-state index >= 15 is 0 Å². The fourth-order valence-electron chi connectivity index (χ4n) is 1.45. The number of aryl methyl sites for hydroxylation is 1. The quantitative estimate of drug-likeness (QED) is 0.828. The number of carbonyl (C=O) groups excluding carboxylic acids is 1. The summed E-state index contributed by atoms with van der Waals surface area (Å²) in [6.07, 6.45) is 0.328. The topological polar surface area (TPSA) is 44.1 Å². The van der Waals surface area contributed by atoms with Crippen molar-refractivity contribution in [3.8, 4) is 6.07 Å². The van der Waals surface area contributed by atoms with Crippen LogP contribution < -0.4 is 0 Å². The van der Waals surface area contributed by atoms with E-state index in [1.807, 2.05) is 13.8 Å². The van der Waals surface area contributed by atoms with Crippen LogP contribution in [0, 0.1) is 18.3 Å². The molecule has 0 saturated carbocycles. The van der Waals surface area contributed by atoms with Crippen LogP contribution in [0.2, 0.25) is 5.02 Å². The summed E-state index contributed by atoms with van der Waals surface area (Å²) >= 11 is 5.91. The summed E-state index contributed by atoms with van der Waals surface area (Å²) in [5.41, 5.74) is 1.47. The molecule has 0 N–H and O–H groups in total. The summed E-state index contributed by atoms with van der Waals surface area (Å²) in [6, 6.07) is 7.15. The van der Waals surface area contributed by atoms with Crippen molar-refractivity contribution in [1.29, 1.82) is 5.26 Å². The number of rotatable bonds is 3. The zero-order valence-corrected chi connectivity index (χ0v) is 11.0. The van der Waals surface area contributed by atoms with Crippen molar-refractivity contribution in [1.82, 2.24) is 4.90 Å². The van der Waals surface area contributed by atoms with Crippen LogP contribution in [0.1, 0.15) is 29.3 Å². The third kappa shape index (κ3) is 3.21. The number of nitrogens with zero attached hydrogens (tertiary/aromatic N) is 2. The van der Waals surface area contributed by atoms with Crippen molar-refractivity contribution in [2.24, 2.45) is 0 Å². The molecule has 90 valence electrons. The summed E-state index contributed by atoms with van der Waals surface area (Å²) in [6.45, 7) is 3.71. The van der Waals surface area contributed by atoms with Crippen LogP contribution in [0.4, 0.5) is 0 Å². The van der Waals surface area contributed by atoms with Gasteiger partial charge in [-0.2, -0.15) is 5.26 Å². The first kappa shape index (κ1) is 13.5. The second-order valence-electron chi connectivity index (χ2n) is 4.09. The molecule has 0 heterocycles. The Morgan fingerprint density at radius 3 is 2.76 bits per heavy atom. The van der Waals surface area contributed by atoms with E-state index in [4.69, 9.17) is 16.9 Å². The molecule has 3 nitrogen and oxygen atoms in total. The molecule has 0 radical (unpaired) electrons. The normalized spacial score (nSPS) is 11.7. The SMILES string of the molecule is Cc1cc(C(=O)N(C)C(C)CC#N)ccc1Cl. The van der Waals surface area contributed by atoms with Gasteiger partial charge >= 0.3 is 0 Å². The first-order chi connectivity index (χ1) is 7.97. The van der Waals surface area contributed by atoms with Gasteiger partial charge in [-0.1, -0.05) is 11.6 Å². The fourth-order valence-corrected chi connectivity index (χ4v) is 1.57. The van der Waals surface area contributed by atoms with Crippen LogP contribution in [-0.2, 0) is 0 Å². The highest BCUT2D eigenvalue weighted by atomic mass is 35.5. The van der Waals surface area contributed by atoms with E-state index in [-0.39, 0.29) is 11.9 Å². The fraction of sp³-hybridized carbons (Fsp3) is 0.385. The summed E-state index contributed by atoms with van der Waals surface area (Å²) < 4.78 is 0. The number of benzene rings is 1. The van der Waals surface area contributed by atoms with Crippen molar-refractivity contribution < 1.29 is 4.79 Å². The van der Waals surface area contributed by atoms with E-state index < -0.39 is 0 Å². The number of hydrogen-bond donors (Lipinski definition) is 0. The molecule has 0 aliphatic rings. The van der Waals surface area contributed by atoms with E-state index in [0.717, 1.165) is 5.56 Å². The van der Waals surface area contributed by atoms with E-state index in [2.05, 4.69) is 6.07 Å². The average Bonchev–Trinajstić information content (AvgIpc) is 2.31. The largest absolute Gasteiger partial charge is 0.338 e. The lowest BCUT2D eigenvalue weighted by Gasteiger charge is -2.23. The lowest BCUT2D eigenvalue weighted by Crippen LogP contribution is -2.34. The Labute approximate surface area is 107 Å². The van der Waals surface area contributed by atoms with E-state index in [9.17, 15) is 4.79 Å². The van der Waals surface area contributed by atoms with Gasteiger partial charge in [0.15, 0.2) is 0 Å². The molecule has 4 heteroatoms. The maximum absolute atomic E-state index is 12.1. The molecule has 1 rings (SSSR count). The molecule has 0 aliphatic carbocycles. The van der Waals surface area contributed by atoms with Crippen molar-refractivity contribution >= 4 is 17.5 Å². The second-order valence-corrected chi connectivity index (χ2v) is 4.50. The van der Waals surface area contributed by atoms with Crippen LogP contribution in [0.5, 0.6) is 0 Å². The van der Waals surface area contributed by atoms with E-state index in [1.165, 1.54) is 0 Å². The molecule has 0 bridgehead atoms.